The summed E-state index contributed by atoms with van der Waals surface area (Å²) < 4.78 is 11.4. The van der Waals surface area contributed by atoms with Crippen molar-refractivity contribution in [1.82, 2.24) is 10.1 Å². The predicted molar refractivity (Wildman–Crippen MR) is 121 cm³/mol. The van der Waals surface area contributed by atoms with Gasteiger partial charge >= 0.3 is 0 Å². The highest BCUT2D eigenvalue weighted by Gasteiger charge is 2.18. The molecule has 0 aliphatic heterocycles. The van der Waals surface area contributed by atoms with E-state index in [-0.39, 0.29) is 13.2 Å². The molecule has 0 saturated heterocycles. The molecule has 3 rings (SSSR count). The van der Waals surface area contributed by atoms with Crippen molar-refractivity contribution in [3.8, 4) is 27.9 Å². The van der Waals surface area contributed by atoms with Crippen LogP contribution in [0.3, 0.4) is 0 Å². The third-order valence-corrected chi connectivity index (χ3v) is 6.05. The lowest BCUT2D eigenvalue weighted by molar-refractivity contribution is 0.113. The van der Waals surface area contributed by atoms with Crippen LogP contribution in [0, 0.1) is 19.8 Å². The summed E-state index contributed by atoms with van der Waals surface area (Å²) in [5, 5.41) is 13.9. The summed E-state index contributed by atoms with van der Waals surface area (Å²) in [5.74, 6) is 2.50. The number of hydrogen-bond donors (Lipinski definition) is 2. The van der Waals surface area contributed by atoms with Crippen LogP contribution < -0.4 is 10.5 Å². The minimum atomic E-state index is -0.677. The highest BCUT2D eigenvalue weighted by molar-refractivity contribution is 7.15. The van der Waals surface area contributed by atoms with E-state index in [9.17, 15) is 5.11 Å². The Hall–Kier alpha value is -2.22. The Balaban J connectivity index is 1.87. The molecule has 0 fully saturated rings. The lowest BCUT2D eigenvalue weighted by Crippen LogP contribution is -2.27. The van der Waals surface area contributed by atoms with E-state index in [1.165, 1.54) is 10.4 Å². The number of aryl methyl sites for hydroxylation is 3. The van der Waals surface area contributed by atoms with Gasteiger partial charge < -0.3 is 20.1 Å². The molecule has 0 aliphatic rings. The molecule has 6 nitrogen and oxygen atoms in total. The minimum Gasteiger partial charge on any atom is -0.490 e. The van der Waals surface area contributed by atoms with Gasteiger partial charge in [-0.15, -0.1) is 11.3 Å². The van der Waals surface area contributed by atoms with Crippen LogP contribution in [-0.2, 0) is 12.8 Å². The maximum Gasteiger partial charge on any atom is 0.268 e. The second-order valence-electron chi connectivity index (χ2n) is 8.05. The van der Waals surface area contributed by atoms with Gasteiger partial charge in [0.1, 0.15) is 18.5 Å². The number of benzene rings is 1. The highest BCUT2D eigenvalue weighted by Crippen LogP contribution is 2.34. The number of nitrogens with zero attached hydrogens (tertiary/aromatic N) is 2. The summed E-state index contributed by atoms with van der Waals surface area (Å²) in [6, 6.07) is 6.18. The molecular weight excluding hydrogens is 398 g/mol. The van der Waals surface area contributed by atoms with Crippen LogP contribution in [0.5, 0.6) is 5.75 Å². The van der Waals surface area contributed by atoms with E-state index in [1.807, 2.05) is 19.1 Å². The summed E-state index contributed by atoms with van der Waals surface area (Å²) in [7, 11) is 0. The monoisotopic (exact) mass is 429 g/mol. The van der Waals surface area contributed by atoms with Gasteiger partial charge in [0.25, 0.3) is 5.89 Å². The molecule has 30 heavy (non-hydrogen) atoms. The van der Waals surface area contributed by atoms with E-state index in [2.05, 4.69) is 43.9 Å². The molecule has 0 aliphatic carbocycles. The second-order valence-corrected chi connectivity index (χ2v) is 9.30. The summed E-state index contributed by atoms with van der Waals surface area (Å²) >= 11 is 1.69. The van der Waals surface area contributed by atoms with Crippen LogP contribution >= 0.6 is 11.3 Å². The molecule has 3 aromatic rings. The lowest BCUT2D eigenvalue weighted by atomic mass is 10.0. The van der Waals surface area contributed by atoms with Crippen LogP contribution in [0.15, 0.2) is 22.7 Å². The Bertz CT molecular complexity index is 994. The van der Waals surface area contributed by atoms with E-state index in [0.717, 1.165) is 40.2 Å². The largest absolute Gasteiger partial charge is 0.490 e. The molecule has 1 unspecified atom stereocenters. The van der Waals surface area contributed by atoms with Crippen molar-refractivity contribution in [3.63, 3.8) is 0 Å². The average Bonchev–Trinajstić information content (AvgIpc) is 3.33. The number of nitrogens with two attached hydrogens (primary N) is 1. The first kappa shape index (κ1) is 22.5. The fourth-order valence-corrected chi connectivity index (χ4v) is 4.38. The zero-order valence-corrected chi connectivity index (χ0v) is 19.2. The zero-order valence-electron chi connectivity index (χ0n) is 18.4. The number of aromatic nitrogens is 2. The minimum absolute atomic E-state index is 0.172. The molecule has 0 amide bonds. The normalized spacial score (nSPS) is 12.5. The Labute approximate surface area is 182 Å². The van der Waals surface area contributed by atoms with Gasteiger partial charge in [-0.1, -0.05) is 25.9 Å². The first-order valence-electron chi connectivity index (χ1n) is 10.4. The molecule has 7 heteroatoms. The maximum atomic E-state index is 9.71. The van der Waals surface area contributed by atoms with Crippen LogP contribution in [0.2, 0.25) is 0 Å². The van der Waals surface area contributed by atoms with Gasteiger partial charge in [-0.25, -0.2) is 0 Å². The van der Waals surface area contributed by atoms with E-state index < -0.39 is 6.10 Å². The van der Waals surface area contributed by atoms with E-state index in [4.69, 9.17) is 15.0 Å². The van der Waals surface area contributed by atoms with Crippen LogP contribution in [0.1, 0.15) is 42.3 Å². The number of ether oxygens (including phenoxy) is 1. The number of hydrogen-bond acceptors (Lipinski definition) is 7. The summed E-state index contributed by atoms with van der Waals surface area (Å²) in [6.45, 7) is 11.0. The molecule has 3 N–H and O–H groups in total. The molecule has 0 bridgehead atoms. The third-order valence-electron chi connectivity index (χ3n) is 4.97. The van der Waals surface area contributed by atoms with Crippen molar-refractivity contribution in [3.05, 3.63) is 39.8 Å². The van der Waals surface area contributed by atoms with Crippen molar-refractivity contribution < 1.29 is 14.4 Å². The quantitative estimate of drug-likeness (QED) is 0.518. The van der Waals surface area contributed by atoms with Gasteiger partial charge in [-0.2, -0.15) is 4.98 Å². The maximum absolute atomic E-state index is 9.71. The Kier molecular flexibility index (Phi) is 7.28. The molecule has 0 saturated carbocycles. The average molecular weight is 430 g/mol. The predicted octanol–water partition coefficient (Wildman–Crippen LogP) is 4.54. The van der Waals surface area contributed by atoms with Gasteiger partial charge in [0.2, 0.25) is 5.82 Å². The summed E-state index contributed by atoms with van der Waals surface area (Å²) in [6.07, 6.45) is 1.15. The molecule has 162 valence electrons. The standard InChI is InChI=1S/C23H31N3O3S/c1-6-16-9-18(8-14(4)21(16)28-12-19(27)11-24)22-25-23(29-26-22)20-10-17(7-13(2)3)15(5)30-20/h8-10,13,19,27H,6-7,11-12,24H2,1-5H3. The van der Waals surface area contributed by atoms with Crippen LogP contribution in [0.4, 0.5) is 0 Å². The Morgan fingerprint density at radius 3 is 2.63 bits per heavy atom. The SMILES string of the molecule is CCc1cc(-c2noc(-c3cc(CC(C)C)c(C)s3)n2)cc(C)c1OCC(O)CN. The number of thiophene rings is 1. The third kappa shape index (κ3) is 5.09. The van der Waals surface area contributed by atoms with Gasteiger partial charge in [0, 0.05) is 17.0 Å². The van der Waals surface area contributed by atoms with Crippen molar-refractivity contribution in [1.29, 1.82) is 0 Å². The van der Waals surface area contributed by atoms with E-state index >= 15 is 0 Å². The molecule has 2 heterocycles. The van der Waals surface area contributed by atoms with E-state index in [1.54, 1.807) is 11.3 Å². The van der Waals surface area contributed by atoms with Crippen molar-refractivity contribution >= 4 is 11.3 Å². The summed E-state index contributed by atoms with van der Waals surface area (Å²) in [5.41, 5.74) is 9.70. The molecule has 0 spiro atoms. The Morgan fingerprint density at radius 2 is 1.97 bits per heavy atom. The van der Waals surface area contributed by atoms with Crippen molar-refractivity contribution in [2.75, 3.05) is 13.2 Å². The number of aliphatic hydroxyl groups excluding tert-OH is 1. The molecular formula is C23H31N3O3S. The van der Waals surface area contributed by atoms with Gasteiger partial charge in [-0.05, 0) is 67.5 Å². The number of rotatable bonds is 9. The van der Waals surface area contributed by atoms with Crippen molar-refractivity contribution in [2.45, 2.75) is 53.6 Å². The van der Waals surface area contributed by atoms with Crippen LogP contribution in [-0.4, -0.2) is 34.5 Å². The second kappa shape index (κ2) is 9.73. The van der Waals surface area contributed by atoms with Crippen LogP contribution in [0.25, 0.3) is 22.2 Å². The van der Waals surface area contributed by atoms with Crippen molar-refractivity contribution in [2.24, 2.45) is 11.7 Å². The first-order chi connectivity index (χ1) is 14.3. The lowest BCUT2D eigenvalue weighted by Gasteiger charge is -2.16. The fourth-order valence-electron chi connectivity index (χ4n) is 3.40. The summed E-state index contributed by atoms with van der Waals surface area (Å²) in [4.78, 5) is 6.95. The van der Waals surface area contributed by atoms with Gasteiger partial charge in [-0.3, -0.25) is 0 Å². The van der Waals surface area contributed by atoms with Gasteiger partial charge in [0.05, 0.1) is 4.88 Å². The fraction of sp³-hybridized carbons (Fsp3) is 0.478. The molecule has 1 atom stereocenters. The number of aliphatic hydroxyl groups is 1. The molecule has 2 aromatic heterocycles. The Morgan fingerprint density at radius 1 is 1.20 bits per heavy atom. The molecule has 1 aromatic carbocycles. The zero-order chi connectivity index (χ0) is 21.8. The topological polar surface area (TPSA) is 94.4 Å². The highest BCUT2D eigenvalue weighted by atomic mass is 32.1. The van der Waals surface area contributed by atoms with E-state index in [0.29, 0.717) is 17.6 Å². The molecule has 0 radical (unpaired) electrons. The smallest absolute Gasteiger partial charge is 0.268 e. The van der Waals surface area contributed by atoms with Gasteiger partial charge in [0.15, 0.2) is 0 Å². The first-order valence-corrected chi connectivity index (χ1v) is 11.2.